The highest BCUT2D eigenvalue weighted by Gasteiger charge is 2.24. The Bertz CT molecular complexity index is 3040. The Morgan fingerprint density at radius 3 is 1.50 bits per heavy atom. The van der Waals surface area contributed by atoms with Gasteiger partial charge in [-0.3, -0.25) is 19.4 Å². The van der Waals surface area contributed by atoms with Crippen LogP contribution in [0.15, 0.2) is 118 Å². The average Bonchev–Trinajstić information content (AvgIpc) is 4.01. The van der Waals surface area contributed by atoms with Crippen LogP contribution >= 0.6 is 0 Å². The van der Waals surface area contributed by atoms with Crippen molar-refractivity contribution in [2.24, 2.45) is 5.14 Å². The summed E-state index contributed by atoms with van der Waals surface area (Å²) in [5, 5.41) is 16.6. The largest absolute Gasteiger partial charge is 0.497 e. The molecule has 5 N–H and O–H groups in total. The van der Waals surface area contributed by atoms with Crippen molar-refractivity contribution in [1.29, 1.82) is 0 Å². The highest BCUT2D eigenvalue weighted by Crippen LogP contribution is 2.27. The number of nitrogens with one attached hydrogen (secondary N) is 2. The number of amides is 2. The summed E-state index contributed by atoms with van der Waals surface area (Å²) >= 11 is 0. The van der Waals surface area contributed by atoms with Crippen molar-refractivity contribution in [1.82, 2.24) is 14.5 Å². The van der Waals surface area contributed by atoms with Crippen LogP contribution in [-0.4, -0.2) is 141 Å². The lowest BCUT2D eigenvalue weighted by Gasteiger charge is -2.26. The number of carbonyl (C=O) groups is 3. The molecule has 0 radical (unpaired) electrons. The lowest BCUT2D eigenvalue weighted by atomic mass is 10.1. The van der Waals surface area contributed by atoms with E-state index in [1.165, 1.54) is 19.1 Å². The predicted molar refractivity (Wildman–Crippen MR) is 286 cm³/mol. The molecule has 8 rings (SSSR count). The molecular weight excluding hydrogens is 1020 g/mol. The fraction of sp³-hybridized carbons (Fsp3) is 0.352. The number of benzene rings is 4. The average molecular weight is 1090 g/mol. The van der Waals surface area contributed by atoms with Gasteiger partial charge in [-0.15, -0.1) is 0 Å². The van der Waals surface area contributed by atoms with Gasteiger partial charge in [-0.25, -0.2) is 31.5 Å². The van der Waals surface area contributed by atoms with Crippen molar-refractivity contribution in [2.45, 2.75) is 33.3 Å². The molecule has 76 heavy (non-hydrogen) atoms. The van der Waals surface area contributed by atoms with Gasteiger partial charge in [0.25, 0.3) is 11.8 Å². The zero-order chi connectivity index (χ0) is 54.7. The molecule has 2 aliphatic rings. The highest BCUT2D eigenvalue weighted by molar-refractivity contribution is 7.90. The van der Waals surface area contributed by atoms with E-state index in [9.17, 15) is 31.2 Å². The number of aromatic carboxylic acids is 1. The van der Waals surface area contributed by atoms with Gasteiger partial charge in [-0.2, -0.15) is 0 Å². The summed E-state index contributed by atoms with van der Waals surface area (Å²) in [6, 6.07) is 33.2. The number of carbonyl (C=O) groups excluding carboxylic acids is 2. The molecule has 0 unspecified atom stereocenters. The van der Waals surface area contributed by atoms with Crippen LogP contribution in [0.1, 0.15) is 61.4 Å². The normalized spacial score (nSPS) is 14.0. The first-order chi connectivity index (χ1) is 36.4. The molecule has 20 nitrogen and oxygen atoms in total. The second-order valence-corrected chi connectivity index (χ2v) is 21.2. The van der Waals surface area contributed by atoms with Gasteiger partial charge in [0.05, 0.1) is 57.7 Å². The number of hydrogen-bond donors (Lipinski definition) is 4. The molecule has 408 valence electrons. The van der Waals surface area contributed by atoms with Gasteiger partial charge in [0, 0.05) is 43.5 Å². The van der Waals surface area contributed by atoms with E-state index in [2.05, 4.69) is 15.1 Å². The maximum atomic E-state index is 12.8. The Morgan fingerprint density at radius 1 is 0.605 bits per heavy atom. The Morgan fingerprint density at radius 2 is 1.05 bits per heavy atom. The first kappa shape index (κ1) is 58.2. The number of rotatable bonds is 20. The Balaban J connectivity index is 0.000000210. The summed E-state index contributed by atoms with van der Waals surface area (Å²) < 4.78 is 85.1. The minimum absolute atomic E-state index is 0.0738. The lowest BCUT2D eigenvalue weighted by molar-refractivity contribution is 0.0380. The lowest BCUT2D eigenvalue weighted by Crippen LogP contribution is -2.38. The number of carboxylic acid groups (broad SMARTS) is 1. The molecule has 2 saturated heterocycles. The van der Waals surface area contributed by atoms with E-state index in [1.54, 1.807) is 33.3 Å². The fourth-order valence-corrected chi connectivity index (χ4v) is 9.39. The highest BCUT2D eigenvalue weighted by atomic mass is 32.2. The van der Waals surface area contributed by atoms with Crippen molar-refractivity contribution in [2.75, 3.05) is 96.7 Å². The summed E-state index contributed by atoms with van der Waals surface area (Å²) in [6.45, 7) is 11.0. The summed E-state index contributed by atoms with van der Waals surface area (Å²) in [7, 11) is -3.89. The number of anilines is 1. The number of methoxy groups -OCH3 is 2. The Kier molecular flexibility index (Phi) is 21.6. The van der Waals surface area contributed by atoms with Crippen LogP contribution in [0.25, 0.3) is 22.3 Å². The van der Waals surface area contributed by atoms with Crippen LogP contribution in [0.2, 0.25) is 0 Å². The second-order valence-electron chi connectivity index (χ2n) is 17.6. The topological polar surface area (TPSA) is 269 Å². The number of furan rings is 2. The first-order valence-electron chi connectivity index (χ1n) is 24.4. The van der Waals surface area contributed by atoms with E-state index in [4.69, 9.17) is 42.8 Å². The molecule has 2 aliphatic heterocycles. The van der Waals surface area contributed by atoms with Crippen LogP contribution in [0.5, 0.6) is 17.2 Å². The Hall–Kier alpha value is -7.05. The van der Waals surface area contributed by atoms with Crippen molar-refractivity contribution in [3.05, 3.63) is 143 Å². The number of carboxylic acids is 1. The molecule has 4 heterocycles. The first-order valence-corrected chi connectivity index (χ1v) is 27.8. The van der Waals surface area contributed by atoms with Crippen LogP contribution in [0, 0.1) is 13.8 Å². The third-order valence-electron chi connectivity index (χ3n) is 12.1. The molecule has 0 bridgehead atoms. The fourth-order valence-electron chi connectivity index (χ4n) is 7.86. The smallest absolute Gasteiger partial charge is 0.371 e. The van der Waals surface area contributed by atoms with Crippen LogP contribution in [0.4, 0.5) is 5.69 Å². The molecule has 6 aromatic rings. The number of nitrogens with zero attached hydrogens (tertiary/aromatic N) is 2. The predicted octanol–water partition coefficient (Wildman–Crippen LogP) is 6.84. The SMILES string of the molecule is COc1ccc(-c2ccc(NC(=O)c3cc(C(=O)NS(=O)(=O)CCCN4CCOCC4)oc3C)cc2)cc1.COc1ccc(-c2ccc(OCc3cc(C(=O)O)oc3C)cc2)cc1.NS(=O)(=O)CCCN1CCOCC1. The second kappa shape index (κ2) is 28.2. The number of nitrogens with two attached hydrogens (primary N) is 1. The van der Waals surface area contributed by atoms with Crippen molar-refractivity contribution in [3.8, 4) is 39.5 Å². The van der Waals surface area contributed by atoms with Gasteiger partial charge < -0.3 is 42.9 Å². The summed E-state index contributed by atoms with van der Waals surface area (Å²) in [4.78, 5) is 40.6. The molecule has 22 heteroatoms. The van der Waals surface area contributed by atoms with Gasteiger partial charge in [0.15, 0.2) is 5.76 Å². The van der Waals surface area contributed by atoms with Crippen molar-refractivity contribution >= 4 is 43.5 Å². The molecule has 0 aliphatic carbocycles. The quantitative estimate of drug-likeness (QED) is 0.0610. The van der Waals surface area contributed by atoms with Gasteiger partial charge in [0.2, 0.25) is 25.8 Å². The van der Waals surface area contributed by atoms with Crippen LogP contribution < -0.4 is 29.4 Å². The molecule has 0 saturated carbocycles. The van der Waals surface area contributed by atoms with Gasteiger partial charge >= 0.3 is 5.97 Å². The standard InChI is InChI=1S/C27H31N3O7S.C20H18O5.C7H16N2O3S/c1-19-24(26(31)28-22-8-4-20(5-9-22)21-6-10-23(35-2)11-7-21)18-25(37-19)27(32)29-38(33,34)17-3-12-30-13-15-36-16-14-30;1-13-16(11-19(25-13)20(21)22)12-24-18-9-5-15(6-10-18)14-3-7-17(23-2)8-4-14;8-13(10,11)7-1-2-9-3-5-12-6-4-9/h4-11,18H,3,12-17H2,1-2H3,(H,28,31)(H,29,32);3-11H,12H2,1-2H3,(H,21,22);1-7H2,(H2,8,10,11). The van der Waals surface area contributed by atoms with Gasteiger partial charge in [0.1, 0.15) is 35.4 Å². The number of primary sulfonamides is 1. The van der Waals surface area contributed by atoms with Crippen LogP contribution in [-0.2, 0) is 36.1 Å². The van der Waals surface area contributed by atoms with E-state index in [-0.39, 0.29) is 41.0 Å². The molecule has 4 aromatic carbocycles. The van der Waals surface area contributed by atoms with E-state index < -0.39 is 37.8 Å². The third kappa shape index (κ3) is 18.7. The van der Waals surface area contributed by atoms with E-state index in [0.717, 1.165) is 85.3 Å². The minimum atomic E-state index is -3.86. The van der Waals surface area contributed by atoms with Gasteiger partial charge in [-0.1, -0.05) is 48.5 Å². The van der Waals surface area contributed by atoms with Gasteiger partial charge in [-0.05, 0) is 117 Å². The number of hydrogen-bond acceptors (Lipinski definition) is 16. The van der Waals surface area contributed by atoms with Crippen molar-refractivity contribution in [3.63, 3.8) is 0 Å². The molecule has 2 aromatic heterocycles. The zero-order valence-corrected chi connectivity index (χ0v) is 44.6. The monoisotopic (exact) mass is 1090 g/mol. The number of ether oxygens (including phenoxy) is 5. The Labute approximate surface area is 443 Å². The molecule has 2 amide bonds. The summed E-state index contributed by atoms with van der Waals surface area (Å²) in [5.74, 6) is 0.110. The zero-order valence-electron chi connectivity index (χ0n) is 42.9. The third-order valence-corrected chi connectivity index (χ3v) is 14.3. The van der Waals surface area contributed by atoms with E-state index >= 15 is 0 Å². The maximum Gasteiger partial charge on any atom is 0.371 e. The molecule has 0 atom stereocenters. The van der Waals surface area contributed by atoms with E-state index in [0.29, 0.717) is 49.8 Å². The maximum absolute atomic E-state index is 12.8. The minimum Gasteiger partial charge on any atom is -0.497 e. The number of aryl methyl sites for hydroxylation is 2. The van der Waals surface area contributed by atoms with Crippen molar-refractivity contribution < 1.29 is 68.8 Å². The van der Waals surface area contributed by atoms with E-state index in [1.807, 2.05) is 89.7 Å². The molecular formula is C54H65N5O15S2. The summed E-state index contributed by atoms with van der Waals surface area (Å²) in [5.41, 5.74) is 5.54. The summed E-state index contributed by atoms with van der Waals surface area (Å²) in [6.07, 6.45) is 0.990. The molecule has 2 fully saturated rings. The van der Waals surface area contributed by atoms with Crippen LogP contribution in [0.3, 0.4) is 0 Å². The number of sulfonamides is 2. The number of morpholine rings is 2. The molecule has 0 spiro atoms.